The quantitative estimate of drug-likeness (QED) is 0.802. The van der Waals surface area contributed by atoms with Gasteiger partial charge >= 0.3 is 0 Å². The third-order valence-corrected chi connectivity index (χ3v) is 2.84. The van der Waals surface area contributed by atoms with Crippen LogP contribution in [0.2, 0.25) is 0 Å². The van der Waals surface area contributed by atoms with Gasteiger partial charge in [0.2, 0.25) is 0 Å². The monoisotopic (exact) mass is 242 g/mol. The van der Waals surface area contributed by atoms with Gasteiger partial charge in [-0.05, 0) is 30.2 Å². The molecule has 0 atom stereocenters. The van der Waals surface area contributed by atoms with Gasteiger partial charge < -0.3 is 0 Å². The highest BCUT2D eigenvalue weighted by Crippen LogP contribution is 2.08. The predicted molar refractivity (Wildman–Crippen MR) is 70.0 cm³/mol. The van der Waals surface area contributed by atoms with Gasteiger partial charge in [-0.15, -0.1) is 0 Å². The Bertz CT molecular complexity index is 477. The van der Waals surface area contributed by atoms with Gasteiger partial charge in [0.1, 0.15) is 11.6 Å². The van der Waals surface area contributed by atoms with Crippen molar-refractivity contribution in [2.45, 2.75) is 19.8 Å². The summed E-state index contributed by atoms with van der Waals surface area (Å²) in [4.78, 5) is 11.9. The van der Waals surface area contributed by atoms with Gasteiger partial charge in [-0.3, -0.25) is 4.79 Å². The molecule has 0 N–H and O–H groups in total. The number of Topliss-reactive ketones (excluding diaryl/α,β-unsaturated/α-hetero) is 1. The molecule has 2 aromatic rings. The summed E-state index contributed by atoms with van der Waals surface area (Å²) in [5.74, 6) is -0.129. The fraction of sp³-hybridized carbons (Fsp3) is 0.188. The number of ketones is 1. The van der Waals surface area contributed by atoms with E-state index in [0.717, 1.165) is 11.1 Å². The number of aryl methyl sites for hydroxylation is 1. The van der Waals surface area contributed by atoms with Crippen LogP contribution < -0.4 is 0 Å². The van der Waals surface area contributed by atoms with E-state index < -0.39 is 0 Å². The Labute approximate surface area is 106 Å². The summed E-state index contributed by atoms with van der Waals surface area (Å²) in [7, 11) is 0. The third-order valence-electron chi connectivity index (χ3n) is 2.84. The molecule has 0 saturated heterocycles. The number of hydrogen-bond donors (Lipinski definition) is 0. The molecule has 0 bridgehead atoms. The molecule has 0 spiro atoms. The molecule has 0 aliphatic carbocycles. The standard InChI is InChI=1S/C16H15FO/c1-12-2-4-13(5-3-12)10-16(18)11-14-6-8-15(17)9-7-14/h2-9H,10-11H2,1H3. The van der Waals surface area contributed by atoms with E-state index in [9.17, 15) is 9.18 Å². The summed E-state index contributed by atoms with van der Waals surface area (Å²) in [5, 5.41) is 0. The average Bonchev–Trinajstić information content (AvgIpc) is 2.35. The molecule has 1 nitrogen and oxygen atoms in total. The van der Waals surface area contributed by atoms with Crippen LogP contribution in [0.3, 0.4) is 0 Å². The predicted octanol–water partition coefficient (Wildman–Crippen LogP) is 3.49. The van der Waals surface area contributed by atoms with Crippen molar-refractivity contribution in [3.8, 4) is 0 Å². The molecule has 0 aliphatic rings. The van der Waals surface area contributed by atoms with E-state index in [1.165, 1.54) is 17.7 Å². The SMILES string of the molecule is Cc1ccc(CC(=O)Cc2ccc(F)cc2)cc1. The lowest BCUT2D eigenvalue weighted by Gasteiger charge is -2.02. The van der Waals surface area contributed by atoms with Crippen molar-refractivity contribution in [1.82, 2.24) is 0 Å². The minimum atomic E-state index is -0.273. The number of carbonyl (C=O) groups is 1. The summed E-state index contributed by atoms with van der Waals surface area (Å²) in [6, 6.07) is 14.0. The Morgan fingerprint density at radius 1 is 0.889 bits per heavy atom. The fourth-order valence-electron chi connectivity index (χ4n) is 1.83. The summed E-state index contributed by atoms with van der Waals surface area (Å²) >= 11 is 0. The smallest absolute Gasteiger partial charge is 0.141 e. The molecule has 0 amide bonds. The Hall–Kier alpha value is -1.96. The first kappa shape index (κ1) is 12.5. The Morgan fingerprint density at radius 3 is 1.83 bits per heavy atom. The third kappa shape index (κ3) is 3.52. The molecule has 0 saturated carbocycles. The molecule has 0 radical (unpaired) electrons. The van der Waals surface area contributed by atoms with Crippen molar-refractivity contribution in [3.63, 3.8) is 0 Å². The van der Waals surface area contributed by atoms with Gasteiger partial charge in [0.25, 0.3) is 0 Å². The Kier molecular flexibility index (Phi) is 3.88. The zero-order valence-corrected chi connectivity index (χ0v) is 10.3. The number of benzene rings is 2. The zero-order chi connectivity index (χ0) is 13.0. The molecular weight excluding hydrogens is 227 g/mol. The first-order valence-electron chi connectivity index (χ1n) is 5.95. The van der Waals surface area contributed by atoms with E-state index in [1.807, 2.05) is 31.2 Å². The second-order valence-corrected chi connectivity index (χ2v) is 4.50. The van der Waals surface area contributed by atoms with Crippen LogP contribution in [-0.2, 0) is 17.6 Å². The first-order chi connectivity index (χ1) is 8.63. The van der Waals surface area contributed by atoms with E-state index in [4.69, 9.17) is 0 Å². The minimum Gasteiger partial charge on any atom is -0.299 e. The maximum absolute atomic E-state index is 12.7. The lowest BCUT2D eigenvalue weighted by Crippen LogP contribution is -2.06. The second kappa shape index (κ2) is 5.58. The molecule has 2 heteroatoms. The van der Waals surface area contributed by atoms with Gasteiger partial charge in [-0.1, -0.05) is 42.0 Å². The summed E-state index contributed by atoms with van der Waals surface area (Å²) in [5.41, 5.74) is 3.06. The normalized spacial score (nSPS) is 10.3. The van der Waals surface area contributed by atoms with Crippen LogP contribution in [0.1, 0.15) is 16.7 Å². The molecular formula is C16H15FO. The number of halogens is 1. The topological polar surface area (TPSA) is 17.1 Å². The number of hydrogen-bond acceptors (Lipinski definition) is 1. The highest BCUT2D eigenvalue weighted by atomic mass is 19.1. The van der Waals surface area contributed by atoms with Crippen molar-refractivity contribution >= 4 is 5.78 Å². The molecule has 18 heavy (non-hydrogen) atoms. The average molecular weight is 242 g/mol. The van der Waals surface area contributed by atoms with Crippen molar-refractivity contribution < 1.29 is 9.18 Å². The largest absolute Gasteiger partial charge is 0.299 e. The van der Waals surface area contributed by atoms with Crippen molar-refractivity contribution in [3.05, 3.63) is 71.0 Å². The number of carbonyl (C=O) groups excluding carboxylic acids is 1. The van der Waals surface area contributed by atoms with Crippen LogP contribution in [0, 0.1) is 12.7 Å². The summed E-state index contributed by atoms with van der Waals surface area (Å²) in [6.07, 6.45) is 0.784. The van der Waals surface area contributed by atoms with E-state index in [0.29, 0.717) is 12.8 Å². The van der Waals surface area contributed by atoms with E-state index in [1.54, 1.807) is 12.1 Å². The highest BCUT2D eigenvalue weighted by molar-refractivity contribution is 5.83. The molecule has 0 aromatic heterocycles. The van der Waals surface area contributed by atoms with Gasteiger partial charge in [0.15, 0.2) is 0 Å². The minimum absolute atomic E-state index is 0.144. The molecule has 0 fully saturated rings. The number of rotatable bonds is 4. The summed E-state index contributed by atoms with van der Waals surface area (Å²) < 4.78 is 12.7. The van der Waals surface area contributed by atoms with Gasteiger partial charge in [0.05, 0.1) is 0 Å². The maximum Gasteiger partial charge on any atom is 0.141 e. The molecule has 2 aromatic carbocycles. The van der Waals surface area contributed by atoms with Crippen molar-refractivity contribution in [2.75, 3.05) is 0 Å². The lowest BCUT2D eigenvalue weighted by molar-refractivity contribution is -0.117. The maximum atomic E-state index is 12.7. The first-order valence-corrected chi connectivity index (χ1v) is 5.95. The molecule has 92 valence electrons. The van der Waals surface area contributed by atoms with Crippen molar-refractivity contribution in [1.29, 1.82) is 0 Å². The molecule has 0 heterocycles. The van der Waals surface area contributed by atoms with Crippen LogP contribution in [0.5, 0.6) is 0 Å². The second-order valence-electron chi connectivity index (χ2n) is 4.50. The van der Waals surface area contributed by atoms with Crippen LogP contribution in [-0.4, -0.2) is 5.78 Å². The molecule has 0 unspecified atom stereocenters. The Morgan fingerprint density at radius 2 is 1.33 bits per heavy atom. The van der Waals surface area contributed by atoms with Crippen LogP contribution in [0.25, 0.3) is 0 Å². The summed E-state index contributed by atoms with van der Waals surface area (Å²) in [6.45, 7) is 2.02. The lowest BCUT2D eigenvalue weighted by atomic mass is 10.0. The fourth-order valence-corrected chi connectivity index (χ4v) is 1.83. The van der Waals surface area contributed by atoms with Gasteiger partial charge in [-0.25, -0.2) is 4.39 Å². The van der Waals surface area contributed by atoms with Crippen LogP contribution in [0.4, 0.5) is 4.39 Å². The Balaban J connectivity index is 1.96. The zero-order valence-electron chi connectivity index (χ0n) is 10.3. The van der Waals surface area contributed by atoms with Gasteiger partial charge in [-0.2, -0.15) is 0 Å². The van der Waals surface area contributed by atoms with Gasteiger partial charge in [0, 0.05) is 12.8 Å². The van der Waals surface area contributed by atoms with E-state index >= 15 is 0 Å². The van der Waals surface area contributed by atoms with E-state index in [2.05, 4.69) is 0 Å². The highest BCUT2D eigenvalue weighted by Gasteiger charge is 2.05. The van der Waals surface area contributed by atoms with Crippen LogP contribution in [0.15, 0.2) is 48.5 Å². The van der Waals surface area contributed by atoms with Crippen molar-refractivity contribution in [2.24, 2.45) is 0 Å². The van der Waals surface area contributed by atoms with E-state index in [-0.39, 0.29) is 11.6 Å². The molecule has 2 rings (SSSR count). The van der Waals surface area contributed by atoms with Crippen LogP contribution >= 0.6 is 0 Å². The molecule has 0 aliphatic heterocycles.